The van der Waals surface area contributed by atoms with Crippen LogP contribution in [0.25, 0.3) is 0 Å². The lowest BCUT2D eigenvalue weighted by atomic mass is 10.1. The van der Waals surface area contributed by atoms with E-state index < -0.39 is 5.60 Å². The molecular weight excluding hydrogens is 246 g/mol. The van der Waals surface area contributed by atoms with Crippen LogP contribution in [0.15, 0.2) is 12.1 Å². The lowest BCUT2D eigenvalue weighted by Gasteiger charge is -2.27. The molecular formula is C14H21NO2S. The van der Waals surface area contributed by atoms with Crippen LogP contribution in [0.3, 0.4) is 0 Å². The van der Waals surface area contributed by atoms with Gasteiger partial charge in [0.15, 0.2) is 0 Å². The van der Waals surface area contributed by atoms with Crippen LogP contribution in [0.4, 0.5) is 0 Å². The number of thiophene rings is 1. The topological polar surface area (TPSA) is 43.7 Å². The van der Waals surface area contributed by atoms with Crippen LogP contribution < -0.4 is 0 Å². The van der Waals surface area contributed by atoms with E-state index >= 15 is 0 Å². The monoisotopic (exact) mass is 267 g/mol. The zero-order valence-electron chi connectivity index (χ0n) is 11.2. The Morgan fingerprint density at radius 1 is 1.39 bits per heavy atom. The van der Waals surface area contributed by atoms with Gasteiger partial charge in [0, 0.05) is 18.0 Å². The lowest BCUT2D eigenvalue weighted by molar-refractivity contribution is 0.0356. The van der Waals surface area contributed by atoms with Crippen molar-refractivity contribution in [3.63, 3.8) is 0 Å². The SMILES string of the molecule is CCN(Cc1ccc(C#CCO)s1)CC(C)(C)O. The number of hydrogen-bond donors (Lipinski definition) is 2. The average molecular weight is 267 g/mol. The Hall–Kier alpha value is -0.860. The van der Waals surface area contributed by atoms with E-state index in [2.05, 4.69) is 29.7 Å². The third kappa shape index (κ3) is 5.65. The molecule has 0 bridgehead atoms. The maximum absolute atomic E-state index is 9.83. The van der Waals surface area contributed by atoms with Crippen molar-refractivity contribution in [1.29, 1.82) is 0 Å². The van der Waals surface area contributed by atoms with Gasteiger partial charge in [-0.05, 0) is 32.5 Å². The van der Waals surface area contributed by atoms with E-state index in [1.54, 1.807) is 11.3 Å². The first-order chi connectivity index (χ1) is 8.44. The second kappa shape index (κ2) is 6.91. The molecule has 0 saturated carbocycles. The molecule has 0 radical (unpaired) electrons. The Labute approximate surface area is 113 Å². The fraction of sp³-hybridized carbons (Fsp3) is 0.571. The minimum atomic E-state index is -0.674. The second-order valence-corrected chi connectivity index (χ2v) is 6.01. The Balaban J connectivity index is 2.62. The van der Waals surface area contributed by atoms with Crippen LogP contribution >= 0.6 is 11.3 Å². The van der Waals surface area contributed by atoms with Crippen molar-refractivity contribution >= 4 is 11.3 Å². The third-order valence-corrected chi connectivity index (χ3v) is 3.37. The predicted octanol–water partition coefficient (Wildman–Crippen LogP) is 1.68. The summed E-state index contributed by atoms with van der Waals surface area (Å²) in [7, 11) is 0. The minimum Gasteiger partial charge on any atom is -0.389 e. The van der Waals surface area contributed by atoms with Gasteiger partial charge in [-0.1, -0.05) is 18.8 Å². The number of hydrogen-bond acceptors (Lipinski definition) is 4. The summed E-state index contributed by atoms with van der Waals surface area (Å²) in [5, 5.41) is 18.5. The molecule has 1 heterocycles. The van der Waals surface area contributed by atoms with Crippen LogP contribution in [0.1, 0.15) is 30.5 Å². The van der Waals surface area contributed by atoms with E-state index in [1.807, 2.05) is 19.9 Å². The summed E-state index contributed by atoms with van der Waals surface area (Å²) in [6.45, 7) is 8.01. The molecule has 1 rings (SSSR count). The Morgan fingerprint density at radius 3 is 2.67 bits per heavy atom. The molecule has 100 valence electrons. The number of likely N-dealkylation sites (N-methyl/N-ethyl adjacent to an activating group) is 1. The molecule has 0 fully saturated rings. The molecule has 18 heavy (non-hydrogen) atoms. The summed E-state index contributed by atoms with van der Waals surface area (Å²) in [4.78, 5) is 4.40. The second-order valence-electron chi connectivity index (χ2n) is 4.84. The first kappa shape index (κ1) is 15.2. The van der Waals surface area contributed by atoms with Crippen LogP contribution in [0.2, 0.25) is 0 Å². The summed E-state index contributed by atoms with van der Waals surface area (Å²) < 4.78 is 0. The van der Waals surface area contributed by atoms with Gasteiger partial charge in [-0.3, -0.25) is 4.90 Å². The summed E-state index contributed by atoms with van der Waals surface area (Å²) in [6, 6.07) is 4.03. The number of nitrogens with zero attached hydrogens (tertiary/aromatic N) is 1. The highest BCUT2D eigenvalue weighted by molar-refractivity contribution is 7.12. The van der Waals surface area contributed by atoms with E-state index in [0.29, 0.717) is 6.54 Å². The Bertz CT molecular complexity index is 423. The highest BCUT2D eigenvalue weighted by Gasteiger charge is 2.17. The van der Waals surface area contributed by atoms with Crippen molar-refractivity contribution in [1.82, 2.24) is 4.90 Å². The Kier molecular flexibility index (Phi) is 5.83. The molecule has 4 heteroatoms. The molecule has 1 aromatic heterocycles. The van der Waals surface area contributed by atoms with Crippen molar-refractivity contribution in [2.45, 2.75) is 32.9 Å². The largest absolute Gasteiger partial charge is 0.389 e. The van der Waals surface area contributed by atoms with E-state index in [4.69, 9.17) is 5.11 Å². The molecule has 0 saturated heterocycles. The van der Waals surface area contributed by atoms with Gasteiger partial charge in [-0.25, -0.2) is 0 Å². The van der Waals surface area contributed by atoms with Crippen LogP contribution in [-0.2, 0) is 6.54 Å². The van der Waals surface area contributed by atoms with Gasteiger partial charge in [0.1, 0.15) is 6.61 Å². The maximum Gasteiger partial charge on any atom is 0.104 e. The first-order valence-corrected chi connectivity index (χ1v) is 6.89. The zero-order chi connectivity index (χ0) is 13.6. The van der Waals surface area contributed by atoms with E-state index in [0.717, 1.165) is 18.0 Å². The van der Waals surface area contributed by atoms with Crippen LogP contribution in [0.5, 0.6) is 0 Å². The smallest absolute Gasteiger partial charge is 0.104 e. The van der Waals surface area contributed by atoms with Crippen molar-refractivity contribution < 1.29 is 10.2 Å². The molecule has 0 unspecified atom stereocenters. The highest BCUT2D eigenvalue weighted by Crippen LogP contribution is 2.18. The number of aliphatic hydroxyl groups is 2. The normalized spacial score (nSPS) is 11.4. The minimum absolute atomic E-state index is 0.104. The molecule has 0 aliphatic carbocycles. The molecule has 0 amide bonds. The third-order valence-electron chi connectivity index (χ3n) is 2.39. The van der Waals surface area contributed by atoms with Gasteiger partial charge in [-0.2, -0.15) is 0 Å². The molecule has 0 aliphatic rings. The molecule has 3 nitrogen and oxygen atoms in total. The quantitative estimate of drug-likeness (QED) is 0.798. The fourth-order valence-corrected chi connectivity index (χ4v) is 2.63. The van der Waals surface area contributed by atoms with Crippen molar-refractivity contribution in [3.8, 4) is 11.8 Å². The number of rotatable bonds is 5. The van der Waals surface area contributed by atoms with Gasteiger partial charge in [-0.15, -0.1) is 11.3 Å². The highest BCUT2D eigenvalue weighted by atomic mass is 32.1. The van der Waals surface area contributed by atoms with Crippen LogP contribution in [0, 0.1) is 11.8 Å². The summed E-state index contributed by atoms with van der Waals surface area (Å²) >= 11 is 1.63. The van der Waals surface area contributed by atoms with E-state index in [-0.39, 0.29) is 6.61 Å². The fourth-order valence-electron chi connectivity index (χ4n) is 1.70. The lowest BCUT2D eigenvalue weighted by Crippen LogP contribution is -2.37. The Morgan fingerprint density at radius 2 is 2.11 bits per heavy atom. The van der Waals surface area contributed by atoms with Crippen molar-refractivity contribution in [2.24, 2.45) is 0 Å². The van der Waals surface area contributed by atoms with Gasteiger partial charge >= 0.3 is 0 Å². The summed E-state index contributed by atoms with van der Waals surface area (Å²) in [6.07, 6.45) is 0. The zero-order valence-corrected chi connectivity index (χ0v) is 12.0. The molecule has 0 atom stereocenters. The van der Waals surface area contributed by atoms with Crippen molar-refractivity contribution in [3.05, 3.63) is 21.9 Å². The molecule has 0 aliphatic heterocycles. The van der Waals surface area contributed by atoms with Crippen molar-refractivity contribution in [2.75, 3.05) is 19.7 Å². The summed E-state index contributed by atoms with van der Waals surface area (Å²) in [5.41, 5.74) is -0.674. The predicted molar refractivity (Wildman–Crippen MR) is 75.5 cm³/mol. The van der Waals surface area contributed by atoms with Gasteiger partial charge in [0.25, 0.3) is 0 Å². The molecule has 1 aromatic rings. The van der Waals surface area contributed by atoms with Gasteiger partial charge in [0.2, 0.25) is 0 Å². The summed E-state index contributed by atoms with van der Waals surface area (Å²) in [5.74, 6) is 5.55. The molecule has 2 N–H and O–H groups in total. The maximum atomic E-state index is 9.83. The van der Waals surface area contributed by atoms with E-state index in [1.165, 1.54) is 4.88 Å². The van der Waals surface area contributed by atoms with Gasteiger partial charge in [0.05, 0.1) is 10.5 Å². The van der Waals surface area contributed by atoms with Crippen LogP contribution in [-0.4, -0.2) is 40.4 Å². The standard InChI is InChI=1S/C14H21NO2S/c1-4-15(11-14(2,3)17)10-13-8-7-12(18-13)6-5-9-16/h7-8,16-17H,4,9-11H2,1-3H3. The molecule has 0 aromatic carbocycles. The first-order valence-electron chi connectivity index (χ1n) is 6.08. The molecule has 0 spiro atoms. The van der Waals surface area contributed by atoms with Gasteiger partial charge < -0.3 is 10.2 Å². The average Bonchev–Trinajstić information content (AvgIpc) is 2.71. The number of aliphatic hydroxyl groups excluding tert-OH is 1. The van der Waals surface area contributed by atoms with E-state index in [9.17, 15) is 5.11 Å².